The molecule has 2 N–H and O–H groups in total. The van der Waals surface area contributed by atoms with E-state index in [-0.39, 0.29) is 12.4 Å². The average Bonchev–Trinajstić information content (AvgIpc) is 2.47. The highest BCUT2D eigenvalue weighted by atomic mass is 16.5. The van der Waals surface area contributed by atoms with Gasteiger partial charge in [-0.15, -0.1) is 0 Å². The lowest BCUT2D eigenvalue weighted by Gasteiger charge is -2.13. The van der Waals surface area contributed by atoms with E-state index in [1.54, 1.807) is 19.1 Å². The van der Waals surface area contributed by atoms with Gasteiger partial charge in [0.15, 0.2) is 5.75 Å². The van der Waals surface area contributed by atoms with Gasteiger partial charge in [0, 0.05) is 0 Å². The largest absolute Gasteiger partial charge is 0.466 e. The van der Waals surface area contributed by atoms with Gasteiger partial charge in [0.05, 0.1) is 18.7 Å². The Kier molecular flexibility index (Phi) is 5.04. The quantitative estimate of drug-likeness (QED) is 0.674. The Labute approximate surface area is 130 Å². The van der Waals surface area contributed by atoms with E-state index in [0.29, 0.717) is 23.6 Å². The zero-order valence-electron chi connectivity index (χ0n) is 13.2. The molecule has 0 aliphatic rings. The van der Waals surface area contributed by atoms with Crippen LogP contribution in [0.2, 0.25) is 0 Å². The first kappa shape index (κ1) is 15.9. The van der Waals surface area contributed by atoms with Crippen molar-refractivity contribution in [1.29, 1.82) is 0 Å². The first-order valence-corrected chi connectivity index (χ1v) is 7.29. The average molecular weight is 299 g/mol. The SMILES string of the molecule is CCOC(=O)Cc1cccc(Oc2ccc(C)c(C)c2)c1N. The summed E-state index contributed by atoms with van der Waals surface area (Å²) in [4.78, 5) is 11.6. The third kappa shape index (κ3) is 3.79. The number of aryl methyl sites for hydroxylation is 2. The number of benzene rings is 2. The van der Waals surface area contributed by atoms with Gasteiger partial charge in [0.1, 0.15) is 5.75 Å². The normalized spacial score (nSPS) is 10.3. The van der Waals surface area contributed by atoms with Crippen molar-refractivity contribution in [2.75, 3.05) is 12.3 Å². The molecule has 0 amide bonds. The molecule has 0 unspecified atom stereocenters. The van der Waals surface area contributed by atoms with Crippen molar-refractivity contribution in [2.45, 2.75) is 27.2 Å². The molecule has 0 radical (unpaired) electrons. The number of hydrogen-bond acceptors (Lipinski definition) is 4. The molecule has 0 fully saturated rings. The zero-order valence-corrected chi connectivity index (χ0v) is 13.2. The van der Waals surface area contributed by atoms with Crippen LogP contribution in [-0.2, 0) is 16.0 Å². The smallest absolute Gasteiger partial charge is 0.310 e. The van der Waals surface area contributed by atoms with Crippen LogP contribution in [0.5, 0.6) is 11.5 Å². The fourth-order valence-electron chi connectivity index (χ4n) is 2.10. The van der Waals surface area contributed by atoms with Crippen molar-refractivity contribution in [3.63, 3.8) is 0 Å². The monoisotopic (exact) mass is 299 g/mol. The topological polar surface area (TPSA) is 61.5 Å². The summed E-state index contributed by atoms with van der Waals surface area (Å²) in [5, 5.41) is 0. The summed E-state index contributed by atoms with van der Waals surface area (Å²) in [5.41, 5.74) is 9.64. The molecule has 0 saturated carbocycles. The highest BCUT2D eigenvalue weighted by Gasteiger charge is 2.11. The Morgan fingerprint density at radius 2 is 1.91 bits per heavy atom. The van der Waals surface area contributed by atoms with Crippen molar-refractivity contribution in [1.82, 2.24) is 0 Å². The van der Waals surface area contributed by atoms with Crippen LogP contribution in [-0.4, -0.2) is 12.6 Å². The Morgan fingerprint density at radius 3 is 2.59 bits per heavy atom. The van der Waals surface area contributed by atoms with Crippen molar-refractivity contribution in [3.8, 4) is 11.5 Å². The fraction of sp³-hybridized carbons (Fsp3) is 0.278. The third-order valence-corrected chi connectivity index (χ3v) is 3.50. The molecule has 0 bridgehead atoms. The molecule has 0 heterocycles. The maximum atomic E-state index is 11.6. The summed E-state index contributed by atoms with van der Waals surface area (Å²) < 4.78 is 10.8. The number of para-hydroxylation sites is 1. The molecule has 4 nitrogen and oxygen atoms in total. The molecule has 0 saturated heterocycles. The molecular weight excluding hydrogens is 278 g/mol. The van der Waals surface area contributed by atoms with E-state index >= 15 is 0 Å². The lowest BCUT2D eigenvalue weighted by molar-refractivity contribution is -0.142. The summed E-state index contributed by atoms with van der Waals surface area (Å²) in [5.74, 6) is 0.977. The first-order chi connectivity index (χ1) is 10.5. The van der Waals surface area contributed by atoms with Crippen molar-refractivity contribution >= 4 is 11.7 Å². The van der Waals surface area contributed by atoms with Gasteiger partial charge in [0.2, 0.25) is 0 Å². The summed E-state index contributed by atoms with van der Waals surface area (Å²) >= 11 is 0. The first-order valence-electron chi connectivity index (χ1n) is 7.29. The van der Waals surface area contributed by atoms with Crippen LogP contribution in [0.1, 0.15) is 23.6 Å². The number of esters is 1. The molecule has 0 aliphatic heterocycles. The van der Waals surface area contributed by atoms with E-state index in [2.05, 4.69) is 0 Å². The van der Waals surface area contributed by atoms with E-state index < -0.39 is 0 Å². The summed E-state index contributed by atoms with van der Waals surface area (Å²) in [6, 6.07) is 11.3. The van der Waals surface area contributed by atoms with Gasteiger partial charge in [-0.1, -0.05) is 18.2 Å². The second kappa shape index (κ2) is 6.98. The lowest BCUT2D eigenvalue weighted by Crippen LogP contribution is -2.09. The van der Waals surface area contributed by atoms with Gasteiger partial charge in [-0.25, -0.2) is 0 Å². The number of nitrogens with two attached hydrogens (primary N) is 1. The second-order valence-corrected chi connectivity index (χ2v) is 5.16. The van der Waals surface area contributed by atoms with Crippen molar-refractivity contribution in [3.05, 3.63) is 53.1 Å². The van der Waals surface area contributed by atoms with Gasteiger partial charge in [-0.2, -0.15) is 0 Å². The Morgan fingerprint density at radius 1 is 1.14 bits per heavy atom. The fourth-order valence-corrected chi connectivity index (χ4v) is 2.10. The van der Waals surface area contributed by atoms with Crippen LogP contribution in [0, 0.1) is 13.8 Å². The molecule has 0 aliphatic carbocycles. The Hall–Kier alpha value is -2.49. The number of anilines is 1. The van der Waals surface area contributed by atoms with Gasteiger partial charge in [-0.05, 0) is 55.7 Å². The second-order valence-electron chi connectivity index (χ2n) is 5.16. The number of rotatable bonds is 5. The molecule has 116 valence electrons. The van der Waals surface area contributed by atoms with E-state index in [9.17, 15) is 4.79 Å². The summed E-state index contributed by atoms with van der Waals surface area (Å²) in [6.07, 6.45) is 0.143. The number of nitrogen functional groups attached to an aromatic ring is 1. The summed E-state index contributed by atoms with van der Waals surface area (Å²) in [6.45, 7) is 6.22. The lowest BCUT2D eigenvalue weighted by atomic mass is 10.1. The predicted molar refractivity (Wildman–Crippen MR) is 87.2 cm³/mol. The minimum Gasteiger partial charge on any atom is -0.466 e. The molecule has 0 atom stereocenters. The van der Waals surface area contributed by atoms with Crippen LogP contribution >= 0.6 is 0 Å². The molecule has 2 aromatic carbocycles. The van der Waals surface area contributed by atoms with Gasteiger partial charge >= 0.3 is 5.97 Å². The predicted octanol–water partition coefficient (Wildman–Crippen LogP) is 3.78. The highest BCUT2D eigenvalue weighted by molar-refractivity contribution is 5.76. The van der Waals surface area contributed by atoms with E-state index in [1.165, 1.54) is 5.56 Å². The standard InChI is InChI=1S/C18H21NO3/c1-4-21-17(20)11-14-6-5-7-16(18(14)19)22-15-9-8-12(2)13(3)10-15/h5-10H,4,11,19H2,1-3H3. The molecule has 0 spiro atoms. The van der Waals surface area contributed by atoms with Crippen LogP contribution in [0.25, 0.3) is 0 Å². The van der Waals surface area contributed by atoms with Crippen molar-refractivity contribution in [2.24, 2.45) is 0 Å². The number of carbonyl (C=O) groups excluding carboxylic acids is 1. The molecular formula is C18H21NO3. The zero-order chi connectivity index (χ0) is 16.1. The molecule has 2 aromatic rings. The van der Waals surface area contributed by atoms with Gasteiger partial charge in [0.25, 0.3) is 0 Å². The van der Waals surface area contributed by atoms with E-state index in [1.807, 2.05) is 38.1 Å². The van der Waals surface area contributed by atoms with Crippen molar-refractivity contribution < 1.29 is 14.3 Å². The van der Waals surface area contributed by atoms with E-state index in [4.69, 9.17) is 15.2 Å². The molecule has 22 heavy (non-hydrogen) atoms. The highest BCUT2D eigenvalue weighted by Crippen LogP contribution is 2.31. The maximum absolute atomic E-state index is 11.6. The molecule has 0 aromatic heterocycles. The molecule has 4 heteroatoms. The van der Waals surface area contributed by atoms with Crippen LogP contribution in [0.4, 0.5) is 5.69 Å². The minimum atomic E-state index is -0.294. The third-order valence-electron chi connectivity index (χ3n) is 3.50. The van der Waals surface area contributed by atoms with E-state index in [0.717, 1.165) is 11.3 Å². The number of carbonyl (C=O) groups is 1. The minimum absolute atomic E-state index is 0.143. The molecule has 2 rings (SSSR count). The van der Waals surface area contributed by atoms with Gasteiger partial charge < -0.3 is 15.2 Å². The van der Waals surface area contributed by atoms with Crippen LogP contribution < -0.4 is 10.5 Å². The van der Waals surface area contributed by atoms with Crippen LogP contribution in [0.15, 0.2) is 36.4 Å². The summed E-state index contributed by atoms with van der Waals surface area (Å²) in [7, 11) is 0. The number of hydrogen-bond donors (Lipinski definition) is 1. The van der Waals surface area contributed by atoms with Crippen LogP contribution in [0.3, 0.4) is 0 Å². The van der Waals surface area contributed by atoms with Gasteiger partial charge in [-0.3, -0.25) is 4.79 Å². The number of ether oxygens (including phenoxy) is 2. The Balaban J connectivity index is 2.21. The Bertz CT molecular complexity index is 680. The maximum Gasteiger partial charge on any atom is 0.310 e.